The van der Waals surface area contributed by atoms with Crippen LogP contribution in [0.2, 0.25) is 0 Å². The Hall–Kier alpha value is -2.33. The molecule has 4 nitrogen and oxygen atoms in total. The van der Waals surface area contributed by atoms with Crippen molar-refractivity contribution in [1.29, 1.82) is 0 Å². The summed E-state index contributed by atoms with van der Waals surface area (Å²) in [6.07, 6.45) is 0. The first-order valence-electron chi connectivity index (χ1n) is 6.64. The average Bonchev–Trinajstić information content (AvgIpc) is 2.80. The van der Waals surface area contributed by atoms with Gasteiger partial charge in [-0.15, -0.1) is 0 Å². The van der Waals surface area contributed by atoms with Crippen molar-refractivity contribution in [3.63, 3.8) is 0 Å². The summed E-state index contributed by atoms with van der Waals surface area (Å²) in [5.41, 5.74) is 2.83. The Labute approximate surface area is 116 Å². The summed E-state index contributed by atoms with van der Waals surface area (Å²) >= 11 is 0. The standard InChI is InChI=1S/C16H16N2O2/c19-16-17-14-8-4-5-9-15(14)18(16)10-11-20-12-13-6-2-1-3-7-13/h1-9H,10-12H2,(H,17,19). The maximum absolute atomic E-state index is 11.9. The van der Waals surface area contributed by atoms with E-state index in [2.05, 4.69) is 4.98 Å². The fourth-order valence-corrected chi connectivity index (χ4v) is 2.25. The average molecular weight is 268 g/mol. The second-order valence-corrected chi connectivity index (χ2v) is 4.64. The Morgan fingerprint density at radius 2 is 1.75 bits per heavy atom. The van der Waals surface area contributed by atoms with E-state index in [0.29, 0.717) is 19.8 Å². The van der Waals surface area contributed by atoms with Gasteiger partial charge in [-0.1, -0.05) is 42.5 Å². The van der Waals surface area contributed by atoms with Crippen molar-refractivity contribution in [3.8, 4) is 0 Å². The molecular weight excluding hydrogens is 252 g/mol. The van der Waals surface area contributed by atoms with Crippen LogP contribution in [0.5, 0.6) is 0 Å². The summed E-state index contributed by atoms with van der Waals surface area (Å²) in [5.74, 6) is 0. The van der Waals surface area contributed by atoms with E-state index >= 15 is 0 Å². The molecule has 0 aliphatic rings. The van der Waals surface area contributed by atoms with E-state index in [0.717, 1.165) is 16.6 Å². The topological polar surface area (TPSA) is 47.0 Å². The van der Waals surface area contributed by atoms with E-state index in [9.17, 15) is 4.79 Å². The monoisotopic (exact) mass is 268 g/mol. The van der Waals surface area contributed by atoms with Crippen LogP contribution in [0.25, 0.3) is 11.0 Å². The number of fused-ring (bicyclic) bond motifs is 1. The maximum atomic E-state index is 11.9. The molecule has 0 aliphatic heterocycles. The Balaban J connectivity index is 1.63. The third-order valence-corrected chi connectivity index (χ3v) is 3.25. The number of nitrogens with one attached hydrogen (secondary N) is 1. The Morgan fingerprint density at radius 1 is 1.00 bits per heavy atom. The van der Waals surface area contributed by atoms with Crippen molar-refractivity contribution < 1.29 is 4.74 Å². The quantitative estimate of drug-likeness (QED) is 0.723. The summed E-state index contributed by atoms with van der Waals surface area (Å²) in [7, 11) is 0. The molecule has 3 rings (SSSR count). The smallest absolute Gasteiger partial charge is 0.326 e. The predicted octanol–water partition coefficient (Wildman–Crippen LogP) is 2.55. The summed E-state index contributed by atoms with van der Waals surface area (Å²) < 4.78 is 7.33. The van der Waals surface area contributed by atoms with Crippen molar-refractivity contribution in [2.24, 2.45) is 0 Å². The van der Waals surface area contributed by atoms with Crippen LogP contribution in [0, 0.1) is 0 Å². The highest BCUT2D eigenvalue weighted by Gasteiger charge is 2.05. The number of imidazole rings is 1. The normalized spacial score (nSPS) is 11.0. The Morgan fingerprint density at radius 3 is 2.60 bits per heavy atom. The summed E-state index contributed by atoms with van der Waals surface area (Å²) in [6.45, 7) is 1.63. The molecule has 102 valence electrons. The molecular formula is C16H16N2O2. The molecule has 0 unspecified atom stereocenters. The first-order valence-corrected chi connectivity index (χ1v) is 6.64. The second-order valence-electron chi connectivity index (χ2n) is 4.64. The predicted molar refractivity (Wildman–Crippen MR) is 78.7 cm³/mol. The van der Waals surface area contributed by atoms with Gasteiger partial charge in [-0.05, 0) is 17.7 Å². The zero-order valence-electron chi connectivity index (χ0n) is 11.1. The van der Waals surface area contributed by atoms with E-state index in [-0.39, 0.29) is 5.69 Å². The second kappa shape index (κ2) is 5.75. The number of hydrogen-bond donors (Lipinski definition) is 1. The van der Waals surface area contributed by atoms with Crippen LogP contribution in [0.3, 0.4) is 0 Å². The minimum Gasteiger partial charge on any atom is -0.375 e. The molecule has 0 aliphatic carbocycles. The van der Waals surface area contributed by atoms with Gasteiger partial charge in [0.2, 0.25) is 0 Å². The number of aromatic amines is 1. The zero-order chi connectivity index (χ0) is 13.8. The molecule has 1 aromatic heterocycles. The maximum Gasteiger partial charge on any atom is 0.326 e. The lowest BCUT2D eigenvalue weighted by Gasteiger charge is -2.05. The van der Waals surface area contributed by atoms with Crippen molar-refractivity contribution in [2.75, 3.05) is 6.61 Å². The minimum absolute atomic E-state index is 0.0884. The van der Waals surface area contributed by atoms with Crippen LogP contribution >= 0.6 is 0 Å². The molecule has 0 saturated heterocycles. The largest absolute Gasteiger partial charge is 0.375 e. The van der Waals surface area contributed by atoms with Crippen molar-refractivity contribution in [2.45, 2.75) is 13.2 Å². The number of hydrogen-bond acceptors (Lipinski definition) is 2. The first-order chi connectivity index (χ1) is 9.84. The highest BCUT2D eigenvalue weighted by molar-refractivity contribution is 5.74. The van der Waals surface area contributed by atoms with Gasteiger partial charge < -0.3 is 9.72 Å². The van der Waals surface area contributed by atoms with Gasteiger partial charge in [0.1, 0.15) is 0 Å². The molecule has 1 N–H and O–H groups in total. The Kier molecular flexibility index (Phi) is 3.65. The molecule has 2 aromatic carbocycles. The number of aromatic nitrogens is 2. The molecule has 0 atom stereocenters. The third kappa shape index (κ3) is 2.65. The first kappa shape index (κ1) is 12.7. The van der Waals surface area contributed by atoms with E-state index < -0.39 is 0 Å². The lowest BCUT2D eigenvalue weighted by Crippen LogP contribution is -2.19. The van der Waals surface area contributed by atoms with Gasteiger partial charge in [0, 0.05) is 0 Å². The number of H-pyrrole nitrogens is 1. The number of ether oxygens (including phenoxy) is 1. The highest BCUT2D eigenvalue weighted by atomic mass is 16.5. The lowest BCUT2D eigenvalue weighted by atomic mass is 10.2. The number of nitrogens with zero attached hydrogens (tertiary/aromatic N) is 1. The van der Waals surface area contributed by atoms with Gasteiger partial charge in [0.15, 0.2) is 0 Å². The summed E-state index contributed by atoms with van der Waals surface area (Å²) in [5, 5.41) is 0. The highest BCUT2D eigenvalue weighted by Crippen LogP contribution is 2.08. The number of benzene rings is 2. The van der Waals surface area contributed by atoms with E-state index in [1.54, 1.807) is 4.57 Å². The van der Waals surface area contributed by atoms with Gasteiger partial charge in [0.25, 0.3) is 0 Å². The number of para-hydroxylation sites is 2. The van der Waals surface area contributed by atoms with Crippen molar-refractivity contribution in [3.05, 3.63) is 70.6 Å². The van der Waals surface area contributed by atoms with E-state index in [1.165, 1.54) is 0 Å². The molecule has 0 spiro atoms. The molecule has 0 amide bonds. The van der Waals surface area contributed by atoms with Crippen LogP contribution in [0.1, 0.15) is 5.56 Å². The van der Waals surface area contributed by atoms with Crippen LogP contribution in [-0.4, -0.2) is 16.2 Å². The lowest BCUT2D eigenvalue weighted by molar-refractivity contribution is 0.113. The van der Waals surface area contributed by atoms with Gasteiger partial charge in [-0.2, -0.15) is 0 Å². The van der Waals surface area contributed by atoms with Crippen LogP contribution in [0.4, 0.5) is 0 Å². The van der Waals surface area contributed by atoms with Gasteiger partial charge in [0.05, 0.1) is 30.8 Å². The molecule has 0 radical (unpaired) electrons. The van der Waals surface area contributed by atoms with Crippen LogP contribution in [0.15, 0.2) is 59.4 Å². The molecule has 0 saturated carbocycles. The van der Waals surface area contributed by atoms with Gasteiger partial charge >= 0.3 is 5.69 Å². The minimum atomic E-state index is -0.0884. The zero-order valence-corrected chi connectivity index (χ0v) is 11.1. The third-order valence-electron chi connectivity index (χ3n) is 3.25. The molecule has 1 heterocycles. The molecule has 0 bridgehead atoms. The summed E-state index contributed by atoms with van der Waals surface area (Å²) in [4.78, 5) is 14.7. The van der Waals surface area contributed by atoms with Crippen LogP contribution < -0.4 is 5.69 Å². The number of rotatable bonds is 5. The molecule has 3 aromatic rings. The SMILES string of the molecule is O=c1[nH]c2ccccc2n1CCOCc1ccccc1. The van der Waals surface area contributed by atoms with E-state index in [4.69, 9.17) is 4.74 Å². The van der Waals surface area contributed by atoms with Crippen molar-refractivity contribution in [1.82, 2.24) is 9.55 Å². The Bertz CT molecular complexity index is 744. The van der Waals surface area contributed by atoms with Gasteiger partial charge in [-0.25, -0.2) is 4.79 Å². The summed E-state index contributed by atoms with van der Waals surface area (Å²) in [6, 6.07) is 17.7. The van der Waals surface area contributed by atoms with Crippen molar-refractivity contribution >= 4 is 11.0 Å². The fraction of sp³-hybridized carbons (Fsp3) is 0.188. The van der Waals surface area contributed by atoms with E-state index in [1.807, 2.05) is 54.6 Å². The molecule has 4 heteroatoms. The molecule has 0 fully saturated rings. The van der Waals surface area contributed by atoms with Gasteiger partial charge in [-0.3, -0.25) is 4.57 Å². The molecule has 20 heavy (non-hydrogen) atoms. The fourth-order valence-electron chi connectivity index (χ4n) is 2.25. The van der Waals surface area contributed by atoms with Crippen LogP contribution in [-0.2, 0) is 17.9 Å².